The summed E-state index contributed by atoms with van der Waals surface area (Å²) in [6, 6.07) is 0. The Morgan fingerprint density at radius 2 is 2.09 bits per heavy atom. The highest BCUT2D eigenvalue weighted by molar-refractivity contribution is 4.79. The van der Waals surface area contributed by atoms with Crippen molar-refractivity contribution in [2.45, 2.75) is 39.0 Å². The number of hydrogen-bond donors (Lipinski definition) is 1. The summed E-state index contributed by atoms with van der Waals surface area (Å²) in [5.41, 5.74) is 0. The van der Waals surface area contributed by atoms with Gasteiger partial charge in [-0.05, 0) is 26.0 Å². The van der Waals surface area contributed by atoms with Gasteiger partial charge in [-0.2, -0.15) is 0 Å². The molecule has 0 saturated heterocycles. The first-order valence-electron chi connectivity index (χ1n) is 4.59. The molecule has 1 heteroatoms. The maximum absolute atomic E-state index is 3.71. The first-order chi connectivity index (χ1) is 5.41. The van der Waals surface area contributed by atoms with Gasteiger partial charge < -0.3 is 5.32 Å². The first kappa shape index (κ1) is 10.5. The maximum Gasteiger partial charge on any atom is 0.0141 e. The maximum atomic E-state index is 3.71. The van der Waals surface area contributed by atoms with Crippen LogP contribution < -0.4 is 5.32 Å². The Morgan fingerprint density at radius 3 is 2.73 bits per heavy atom. The minimum absolute atomic E-state index is 0.877. The van der Waals surface area contributed by atoms with E-state index in [1.54, 1.807) is 0 Å². The second-order valence-electron chi connectivity index (χ2n) is 2.71. The quantitative estimate of drug-likeness (QED) is 0.556. The molecular weight excluding hydrogens is 134 g/mol. The van der Waals surface area contributed by atoms with Crippen LogP contribution in [-0.2, 0) is 0 Å². The van der Waals surface area contributed by atoms with Gasteiger partial charge in [0.1, 0.15) is 0 Å². The SMILES string of the molecule is [CH2]CC=CNCCCCCC. The van der Waals surface area contributed by atoms with Gasteiger partial charge in [0.05, 0.1) is 0 Å². The lowest BCUT2D eigenvalue weighted by Crippen LogP contribution is -2.06. The minimum Gasteiger partial charge on any atom is -0.391 e. The summed E-state index contributed by atoms with van der Waals surface area (Å²) in [6.07, 6.45) is 10.2. The Bertz CT molecular complexity index is 86.9. The summed E-state index contributed by atoms with van der Waals surface area (Å²) in [5, 5.41) is 3.22. The second kappa shape index (κ2) is 9.54. The van der Waals surface area contributed by atoms with Crippen molar-refractivity contribution in [1.29, 1.82) is 0 Å². The van der Waals surface area contributed by atoms with Crippen molar-refractivity contribution >= 4 is 0 Å². The molecule has 65 valence electrons. The largest absolute Gasteiger partial charge is 0.391 e. The van der Waals surface area contributed by atoms with Crippen molar-refractivity contribution < 1.29 is 0 Å². The molecule has 1 nitrogen and oxygen atoms in total. The molecule has 0 atom stereocenters. The average Bonchev–Trinajstić information content (AvgIpc) is 2.03. The van der Waals surface area contributed by atoms with Crippen LogP contribution in [0.4, 0.5) is 0 Å². The lowest BCUT2D eigenvalue weighted by atomic mass is 10.2. The molecule has 1 N–H and O–H groups in total. The van der Waals surface area contributed by atoms with Crippen LogP contribution in [-0.4, -0.2) is 6.54 Å². The molecule has 0 aromatic carbocycles. The number of rotatable bonds is 7. The van der Waals surface area contributed by atoms with Gasteiger partial charge in [-0.1, -0.05) is 32.3 Å². The van der Waals surface area contributed by atoms with E-state index in [0.29, 0.717) is 0 Å². The molecular formula is C10H20N. The molecule has 0 amide bonds. The standard InChI is InChI=1S/C10H20N/c1-3-5-7-8-10-11-9-6-4-2/h6,9,11H,2-5,7-8,10H2,1H3. The molecule has 0 saturated carbocycles. The van der Waals surface area contributed by atoms with E-state index in [9.17, 15) is 0 Å². The molecule has 0 aliphatic rings. The van der Waals surface area contributed by atoms with Gasteiger partial charge in [-0.25, -0.2) is 0 Å². The predicted molar refractivity (Wildman–Crippen MR) is 51.3 cm³/mol. The summed E-state index contributed by atoms with van der Waals surface area (Å²) >= 11 is 0. The zero-order chi connectivity index (χ0) is 8.36. The minimum atomic E-state index is 0.877. The highest BCUT2D eigenvalue weighted by atomic mass is 14.8. The Morgan fingerprint density at radius 1 is 1.27 bits per heavy atom. The van der Waals surface area contributed by atoms with Crippen molar-refractivity contribution in [3.05, 3.63) is 19.2 Å². The molecule has 0 unspecified atom stereocenters. The molecule has 0 heterocycles. The third-order valence-electron chi connectivity index (χ3n) is 1.58. The van der Waals surface area contributed by atoms with E-state index in [0.717, 1.165) is 13.0 Å². The Kier molecular flexibility index (Phi) is 9.14. The summed E-state index contributed by atoms with van der Waals surface area (Å²) < 4.78 is 0. The molecule has 11 heavy (non-hydrogen) atoms. The molecule has 0 fully saturated rings. The number of unbranched alkanes of at least 4 members (excludes halogenated alkanes) is 3. The third kappa shape index (κ3) is 9.54. The fourth-order valence-electron chi connectivity index (χ4n) is 0.904. The van der Waals surface area contributed by atoms with Crippen molar-refractivity contribution in [1.82, 2.24) is 5.32 Å². The van der Waals surface area contributed by atoms with Crippen LogP contribution in [0.5, 0.6) is 0 Å². The average molecular weight is 154 g/mol. The topological polar surface area (TPSA) is 12.0 Å². The fraction of sp³-hybridized carbons (Fsp3) is 0.700. The normalized spacial score (nSPS) is 10.7. The lowest BCUT2D eigenvalue weighted by molar-refractivity contribution is 0.645. The smallest absolute Gasteiger partial charge is 0.0141 e. The number of allylic oxidation sites excluding steroid dienone is 1. The van der Waals surface area contributed by atoms with E-state index in [2.05, 4.69) is 19.2 Å². The zero-order valence-electron chi connectivity index (χ0n) is 7.60. The molecule has 0 aliphatic heterocycles. The van der Waals surface area contributed by atoms with Crippen LogP contribution in [0.1, 0.15) is 39.0 Å². The fourth-order valence-corrected chi connectivity index (χ4v) is 0.904. The van der Waals surface area contributed by atoms with E-state index in [1.807, 2.05) is 12.3 Å². The van der Waals surface area contributed by atoms with Crippen molar-refractivity contribution in [2.75, 3.05) is 6.54 Å². The Labute approximate surface area is 70.9 Å². The van der Waals surface area contributed by atoms with Gasteiger partial charge in [-0.15, -0.1) is 0 Å². The van der Waals surface area contributed by atoms with Crippen molar-refractivity contribution in [2.24, 2.45) is 0 Å². The van der Waals surface area contributed by atoms with Crippen LogP contribution in [0.3, 0.4) is 0 Å². The van der Waals surface area contributed by atoms with Gasteiger partial charge in [0.2, 0.25) is 0 Å². The summed E-state index contributed by atoms with van der Waals surface area (Å²) in [5.74, 6) is 0. The predicted octanol–water partition coefficient (Wildman–Crippen LogP) is 2.89. The number of nitrogens with one attached hydrogen (secondary N) is 1. The van der Waals surface area contributed by atoms with Gasteiger partial charge in [0.15, 0.2) is 0 Å². The first-order valence-corrected chi connectivity index (χ1v) is 4.59. The monoisotopic (exact) mass is 154 g/mol. The van der Waals surface area contributed by atoms with Crippen LogP contribution >= 0.6 is 0 Å². The van der Waals surface area contributed by atoms with Crippen molar-refractivity contribution in [3.8, 4) is 0 Å². The van der Waals surface area contributed by atoms with Gasteiger partial charge in [0.25, 0.3) is 0 Å². The van der Waals surface area contributed by atoms with Crippen LogP contribution in [0, 0.1) is 6.92 Å². The van der Waals surface area contributed by atoms with E-state index < -0.39 is 0 Å². The van der Waals surface area contributed by atoms with Crippen LogP contribution in [0.25, 0.3) is 0 Å². The third-order valence-corrected chi connectivity index (χ3v) is 1.58. The number of hydrogen-bond acceptors (Lipinski definition) is 1. The molecule has 0 aromatic rings. The Hall–Kier alpha value is -0.460. The van der Waals surface area contributed by atoms with Crippen molar-refractivity contribution in [3.63, 3.8) is 0 Å². The summed E-state index contributed by atoms with van der Waals surface area (Å²) in [7, 11) is 0. The van der Waals surface area contributed by atoms with Crippen LogP contribution in [0.2, 0.25) is 0 Å². The van der Waals surface area contributed by atoms with Gasteiger partial charge >= 0.3 is 0 Å². The van der Waals surface area contributed by atoms with Gasteiger partial charge in [0, 0.05) is 6.54 Å². The van der Waals surface area contributed by atoms with Gasteiger partial charge in [-0.3, -0.25) is 0 Å². The highest BCUT2D eigenvalue weighted by Crippen LogP contribution is 1.96. The van der Waals surface area contributed by atoms with E-state index in [4.69, 9.17) is 0 Å². The molecule has 0 bridgehead atoms. The molecule has 0 aromatic heterocycles. The van der Waals surface area contributed by atoms with Crippen LogP contribution in [0.15, 0.2) is 12.3 Å². The summed E-state index contributed by atoms with van der Waals surface area (Å²) in [4.78, 5) is 0. The molecule has 0 rings (SSSR count). The Balaban J connectivity index is 2.85. The molecule has 0 aliphatic carbocycles. The zero-order valence-corrected chi connectivity index (χ0v) is 7.60. The van der Waals surface area contributed by atoms with E-state index in [-0.39, 0.29) is 0 Å². The molecule has 1 radical (unpaired) electrons. The summed E-state index contributed by atoms with van der Waals surface area (Å²) in [6.45, 7) is 7.05. The van der Waals surface area contributed by atoms with E-state index in [1.165, 1.54) is 25.7 Å². The lowest BCUT2D eigenvalue weighted by Gasteiger charge is -1.98. The molecule has 0 spiro atoms. The highest BCUT2D eigenvalue weighted by Gasteiger charge is 1.83. The second-order valence-corrected chi connectivity index (χ2v) is 2.71. The van der Waals surface area contributed by atoms with E-state index >= 15 is 0 Å².